The lowest BCUT2D eigenvalue weighted by Gasteiger charge is -2.08. The summed E-state index contributed by atoms with van der Waals surface area (Å²) >= 11 is 10.5. The molecule has 6 nitrogen and oxygen atoms in total. The monoisotopic (exact) mass is 962 g/mol. The normalized spacial score (nSPS) is 10.4. The number of hydrogen-bond donors (Lipinski definition) is 1. The summed E-state index contributed by atoms with van der Waals surface area (Å²) < 4.78 is 13.3. The largest absolute Gasteiger partial charge is 0.478 e. The summed E-state index contributed by atoms with van der Waals surface area (Å²) in [6, 6.07) is 46.7. The molecule has 0 aliphatic carbocycles. The molecule has 8 aromatic carbocycles. The third-order valence-electron chi connectivity index (χ3n) is 9.10. The summed E-state index contributed by atoms with van der Waals surface area (Å²) in [7, 11) is 0. The van der Waals surface area contributed by atoms with Gasteiger partial charge in [0.05, 0.1) is 29.9 Å². The molecular weight excluding hydrogens is 924 g/mol. The summed E-state index contributed by atoms with van der Waals surface area (Å²) in [6.07, 6.45) is 0. The number of fused-ring (bicyclic) bond motifs is 4. The number of carboxylic acid groups (broad SMARTS) is 1. The first-order valence-electron chi connectivity index (χ1n) is 18.5. The molecule has 0 aliphatic heterocycles. The van der Waals surface area contributed by atoms with E-state index >= 15 is 0 Å². The van der Waals surface area contributed by atoms with E-state index in [9.17, 15) is 14.4 Å². The van der Waals surface area contributed by atoms with Crippen LogP contribution in [0.25, 0.3) is 43.1 Å². The molecule has 0 bridgehead atoms. The fourth-order valence-electron chi connectivity index (χ4n) is 6.54. The molecule has 0 unspecified atom stereocenters. The maximum absolute atomic E-state index is 11.8. The Bertz CT molecular complexity index is 2590. The van der Waals surface area contributed by atoms with Crippen LogP contribution in [0.5, 0.6) is 0 Å². The van der Waals surface area contributed by atoms with Gasteiger partial charge in [-0.3, -0.25) is 0 Å². The van der Waals surface area contributed by atoms with Crippen LogP contribution in [0.1, 0.15) is 56.0 Å². The van der Waals surface area contributed by atoms with Crippen molar-refractivity contribution in [1.29, 1.82) is 0 Å². The van der Waals surface area contributed by atoms with Gasteiger partial charge in [0.1, 0.15) is 0 Å². The quantitative estimate of drug-likeness (QED) is 0.173. The molecule has 8 rings (SSSR count). The fraction of sp³-hybridized carbons (Fsp3) is 0.122. The van der Waals surface area contributed by atoms with Crippen molar-refractivity contribution in [2.75, 3.05) is 13.2 Å². The number of aromatic carboxylic acids is 1. The van der Waals surface area contributed by atoms with Gasteiger partial charge in [-0.25, -0.2) is 14.4 Å². The van der Waals surface area contributed by atoms with Crippen molar-refractivity contribution in [2.45, 2.75) is 27.7 Å². The molecule has 0 amide bonds. The molecule has 0 atom stereocenters. The Morgan fingerprint density at radius 2 is 0.724 bits per heavy atom. The number of aryl methyl sites for hydroxylation is 2. The number of hydrogen-bond acceptors (Lipinski definition) is 5. The summed E-state index contributed by atoms with van der Waals surface area (Å²) in [5.41, 5.74) is 3.73. The Hall–Kier alpha value is -5.35. The van der Waals surface area contributed by atoms with Crippen LogP contribution in [0, 0.1) is 13.8 Å². The average Bonchev–Trinajstić information content (AvgIpc) is 3.21. The molecule has 0 aromatic heterocycles. The van der Waals surface area contributed by atoms with Gasteiger partial charge < -0.3 is 14.6 Å². The van der Waals surface area contributed by atoms with Crippen molar-refractivity contribution < 1.29 is 29.0 Å². The average molecular weight is 966 g/mol. The van der Waals surface area contributed by atoms with Gasteiger partial charge in [-0.05, 0) is 108 Å². The molecule has 58 heavy (non-hydrogen) atoms. The van der Waals surface area contributed by atoms with Gasteiger partial charge in [0.2, 0.25) is 0 Å². The number of benzene rings is 8. The van der Waals surface area contributed by atoms with E-state index < -0.39 is 5.97 Å². The van der Waals surface area contributed by atoms with Crippen molar-refractivity contribution in [1.82, 2.24) is 0 Å². The third-order valence-corrected chi connectivity index (χ3v) is 11.1. The minimum atomic E-state index is -0.870. The second kappa shape index (κ2) is 20.9. The molecule has 0 saturated heterocycles. The van der Waals surface area contributed by atoms with Crippen LogP contribution in [0.4, 0.5) is 0 Å². The van der Waals surface area contributed by atoms with Crippen LogP contribution in [-0.2, 0) is 9.47 Å². The number of esters is 2. The molecule has 294 valence electrons. The molecule has 0 radical (unpaired) electrons. The lowest BCUT2D eigenvalue weighted by molar-refractivity contribution is 0.0519. The summed E-state index contributed by atoms with van der Waals surface area (Å²) in [4.78, 5) is 34.5. The van der Waals surface area contributed by atoms with E-state index in [-0.39, 0.29) is 11.9 Å². The van der Waals surface area contributed by atoms with Crippen LogP contribution < -0.4 is 0 Å². The van der Waals surface area contributed by atoms with Crippen molar-refractivity contribution in [3.05, 3.63) is 187 Å². The molecule has 1 N–H and O–H groups in total. The molecule has 0 aliphatic rings. The Labute approximate surface area is 363 Å². The van der Waals surface area contributed by atoms with Gasteiger partial charge in [0.15, 0.2) is 0 Å². The molecule has 0 spiro atoms. The highest BCUT2D eigenvalue weighted by Crippen LogP contribution is 2.31. The maximum Gasteiger partial charge on any atom is 0.338 e. The summed E-state index contributed by atoms with van der Waals surface area (Å²) in [5.74, 6) is -1.40. The van der Waals surface area contributed by atoms with Crippen LogP contribution in [0.2, 0.25) is 0 Å². The number of halogens is 3. The Morgan fingerprint density at radius 3 is 1.10 bits per heavy atom. The van der Waals surface area contributed by atoms with Crippen LogP contribution >= 0.6 is 47.8 Å². The maximum atomic E-state index is 11.8. The van der Waals surface area contributed by atoms with Crippen molar-refractivity contribution >= 4 is 109 Å². The number of ether oxygens (including phenoxy) is 2. The van der Waals surface area contributed by atoms with Gasteiger partial charge in [-0.15, -0.1) is 0 Å². The van der Waals surface area contributed by atoms with Crippen LogP contribution in [-0.4, -0.2) is 36.2 Å². The first-order chi connectivity index (χ1) is 28.0. The predicted molar refractivity (Wildman–Crippen MR) is 247 cm³/mol. The predicted octanol–water partition coefficient (Wildman–Crippen LogP) is 14.3. The van der Waals surface area contributed by atoms with Crippen LogP contribution in [0.3, 0.4) is 0 Å². The smallest absolute Gasteiger partial charge is 0.338 e. The standard InChI is InChI=1S/C14H14O2.C13H11BrO2.C12H10O2.C10H6Br2/c1-3-16-14(15)12-9-5-8-11-7-4-6-10(2)13(11)12;1-2-16-13(15)10-7-3-5-9-6-4-8-11(14)12(9)10;1-8-4-2-5-9-6-3-7-10(11(8)9)12(13)14;11-8-5-1-3-7-4-2-6-9(12)10(7)8/h4-9H,3H2,1-2H3;3-8H,2H2,1H3;2-7H,1H3,(H,13,14);1-6H. The van der Waals surface area contributed by atoms with E-state index in [1.54, 1.807) is 25.1 Å². The number of carbonyl (C=O) groups is 3. The topological polar surface area (TPSA) is 89.9 Å². The summed E-state index contributed by atoms with van der Waals surface area (Å²) in [6.45, 7) is 8.34. The van der Waals surface area contributed by atoms with Gasteiger partial charge in [-0.1, -0.05) is 157 Å². The molecule has 0 heterocycles. The van der Waals surface area contributed by atoms with Crippen LogP contribution in [0.15, 0.2) is 159 Å². The van der Waals surface area contributed by atoms with Gasteiger partial charge >= 0.3 is 17.9 Å². The fourth-order valence-corrected chi connectivity index (χ4v) is 8.59. The zero-order valence-corrected chi connectivity index (χ0v) is 37.2. The van der Waals surface area contributed by atoms with E-state index in [0.717, 1.165) is 56.9 Å². The second-order valence-electron chi connectivity index (χ2n) is 12.9. The van der Waals surface area contributed by atoms with E-state index in [4.69, 9.17) is 14.6 Å². The van der Waals surface area contributed by atoms with Crippen molar-refractivity contribution in [2.24, 2.45) is 0 Å². The first kappa shape index (κ1) is 43.8. The van der Waals surface area contributed by atoms with E-state index in [0.29, 0.717) is 29.9 Å². The first-order valence-corrected chi connectivity index (χ1v) is 20.9. The molecule has 8 aromatic rings. The van der Waals surface area contributed by atoms with Gasteiger partial charge in [0.25, 0.3) is 0 Å². The van der Waals surface area contributed by atoms with Crippen molar-refractivity contribution in [3.63, 3.8) is 0 Å². The number of carbonyl (C=O) groups excluding carboxylic acids is 2. The Balaban J connectivity index is 0.000000148. The summed E-state index contributed by atoms with van der Waals surface area (Å²) in [5, 5.41) is 17.3. The zero-order chi connectivity index (χ0) is 41.8. The molecule has 9 heteroatoms. The van der Waals surface area contributed by atoms with Crippen molar-refractivity contribution in [3.8, 4) is 0 Å². The Morgan fingerprint density at radius 1 is 0.431 bits per heavy atom. The number of rotatable bonds is 5. The minimum absolute atomic E-state index is 0.248. The van der Waals surface area contributed by atoms with E-state index in [1.807, 2.05) is 136 Å². The lowest BCUT2D eigenvalue weighted by atomic mass is 10.0. The highest BCUT2D eigenvalue weighted by molar-refractivity contribution is 9.11. The third kappa shape index (κ3) is 10.6. The SMILES string of the molecule is Brc1cccc2cccc(Br)c12.CCOC(=O)c1cccc2cccc(Br)c12.CCOC(=O)c1cccc2cccc(C)c12.Cc1cccc2cccc(C(=O)O)c12. The number of carboxylic acids is 1. The van der Waals surface area contributed by atoms with Gasteiger partial charge in [-0.2, -0.15) is 0 Å². The molecular formula is C49H41Br3O6. The molecule has 0 saturated carbocycles. The van der Waals surface area contributed by atoms with E-state index in [1.165, 1.54) is 10.8 Å². The Kier molecular flexibility index (Phi) is 15.8. The second-order valence-corrected chi connectivity index (χ2v) is 15.5. The van der Waals surface area contributed by atoms with Gasteiger partial charge in [0, 0.05) is 24.2 Å². The highest BCUT2D eigenvalue weighted by atomic mass is 79.9. The molecule has 0 fully saturated rings. The zero-order valence-electron chi connectivity index (χ0n) is 32.4. The highest BCUT2D eigenvalue weighted by Gasteiger charge is 2.14. The minimum Gasteiger partial charge on any atom is -0.478 e. The van der Waals surface area contributed by atoms with E-state index in [2.05, 4.69) is 59.9 Å². The lowest BCUT2D eigenvalue weighted by Crippen LogP contribution is -2.05.